The molecule has 9 N–H and O–H groups in total. The molecule has 2 atom stereocenters. The quantitative estimate of drug-likeness (QED) is 0.0448. The number of nitro groups is 1. The van der Waals surface area contributed by atoms with Gasteiger partial charge in [-0.25, -0.2) is 19.7 Å². The molecule has 0 aliphatic rings. The first-order valence-corrected chi connectivity index (χ1v) is 11.2. The Labute approximate surface area is 216 Å². The number of rotatable bonds is 16. The van der Waals surface area contributed by atoms with Gasteiger partial charge < -0.3 is 37.7 Å². The molecule has 0 saturated carbocycles. The molecule has 0 bridgehead atoms. The van der Waals surface area contributed by atoms with Crippen molar-refractivity contribution in [1.82, 2.24) is 15.6 Å². The maximum atomic E-state index is 13.0. The highest BCUT2D eigenvalue weighted by atomic mass is 16.7. The first-order chi connectivity index (χ1) is 17.9. The molecule has 17 heteroatoms. The number of nitrogens with two attached hydrogens (primary N) is 3. The number of benzene rings is 1. The fourth-order valence-electron chi connectivity index (χ4n) is 3.07. The van der Waals surface area contributed by atoms with Gasteiger partial charge in [0.2, 0.25) is 11.8 Å². The highest BCUT2D eigenvalue weighted by Gasteiger charge is 2.42. The number of nitrogens with zero attached hydrogens (tertiary/aromatic N) is 3. The van der Waals surface area contributed by atoms with Crippen molar-refractivity contribution in [1.29, 1.82) is 0 Å². The molecule has 1 rings (SSSR count). The summed E-state index contributed by atoms with van der Waals surface area (Å²) in [5, 5.41) is 24.1. The molecule has 0 saturated heterocycles. The fourth-order valence-corrected chi connectivity index (χ4v) is 3.07. The average molecular weight is 539 g/mol. The number of guanidine groups is 1. The van der Waals surface area contributed by atoms with Crippen molar-refractivity contribution in [3.05, 3.63) is 46.0 Å². The van der Waals surface area contributed by atoms with Crippen LogP contribution < -0.4 is 27.8 Å². The number of nitrogens with one attached hydrogen (secondary N) is 2. The maximum Gasteiger partial charge on any atom is 0.407 e. The Morgan fingerprint density at radius 3 is 2.32 bits per heavy atom. The minimum atomic E-state index is -1.94. The second-order valence-electron chi connectivity index (χ2n) is 7.76. The van der Waals surface area contributed by atoms with E-state index < -0.39 is 72.7 Å². The van der Waals surface area contributed by atoms with Crippen molar-refractivity contribution < 1.29 is 38.8 Å². The molecule has 0 spiro atoms. The van der Waals surface area contributed by atoms with E-state index in [1.165, 1.54) is 0 Å². The van der Waals surface area contributed by atoms with Crippen LogP contribution in [-0.4, -0.2) is 76.1 Å². The van der Waals surface area contributed by atoms with Gasteiger partial charge in [0.05, 0.1) is 0 Å². The summed E-state index contributed by atoms with van der Waals surface area (Å²) in [5.41, 5.74) is 16.1. The number of carbonyl (C=O) groups is 5. The van der Waals surface area contributed by atoms with Crippen LogP contribution in [0.4, 0.5) is 4.79 Å². The van der Waals surface area contributed by atoms with Crippen molar-refractivity contribution in [2.75, 3.05) is 13.1 Å². The standard InChI is InChI=1S/C21H30N8O9/c22-16(30)9-8-14(27-17(31)11-26-21(35)38-12-13-5-2-1-3-6-13)18(32)28(29(36)37)15(19(33)34)7-4-10-25-20(23)24/h1-3,5-6,14-15H,4,7-12H2,(H2,22,30)(H,26,35)(H,27,31)(H,33,34)(H4,23,24,25)/t14-,15-/m0/s1. The minimum Gasteiger partial charge on any atom is -0.480 e. The molecule has 38 heavy (non-hydrogen) atoms. The number of hydrogen-bond acceptors (Lipinski definition) is 9. The number of ether oxygens (including phenoxy) is 1. The Bertz CT molecular complexity index is 1030. The zero-order valence-corrected chi connectivity index (χ0v) is 20.3. The first-order valence-electron chi connectivity index (χ1n) is 11.2. The van der Waals surface area contributed by atoms with Gasteiger partial charge in [0.1, 0.15) is 19.2 Å². The molecule has 0 aliphatic carbocycles. The van der Waals surface area contributed by atoms with Crippen LogP contribution in [0.15, 0.2) is 35.3 Å². The number of primary amides is 1. The summed E-state index contributed by atoms with van der Waals surface area (Å²) < 4.78 is 4.95. The van der Waals surface area contributed by atoms with E-state index in [1.54, 1.807) is 30.3 Å². The molecular weight excluding hydrogens is 508 g/mol. The summed E-state index contributed by atoms with van der Waals surface area (Å²) in [7, 11) is 0. The number of alkyl carbamates (subject to hydrolysis) is 1. The molecule has 0 aliphatic heterocycles. The predicted molar refractivity (Wildman–Crippen MR) is 130 cm³/mol. The summed E-state index contributed by atoms with van der Waals surface area (Å²) in [6.45, 7) is -0.821. The van der Waals surface area contributed by atoms with Crippen LogP contribution in [0, 0.1) is 10.1 Å². The number of hydrogen-bond donors (Lipinski definition) is 6. The van der Waals surface area contributed by atoms with Gasteiger partial charge in [-0.3, -0.25) is 19.4 Å². The summed E-state index contributed by atoms with van der Waals surface area (Å²) >= 11 is 0. The van der Waals surface area contributed by atoms with E-state index in [1.807, 2.05) is 0 Å². The van der Waals surface area contributed by atoms with Gasteiger partial charge in [-0.1, -0.05) is 30.3 Å². The lowest BCUT2D eigenvalue weighted by Gasteiger charge is -2.24. The predicted octanol–water partition coefficient (Wildman–Crippen LogP) is -1.81. The van der Waals surface area contributed by atoms with Gasteiger partial charge in [-0.05, 0) is 29.8 Å². The highest BCUT2D eigenvalue weighted by molar-refractivity contribution is 5.91. The molecule has 0 heterocycles. The van der Waals surface area contributed by atoms with E-state index in [9.17, 15) is 39.2 Å². The lowest BCUT2D eigenvalue weighted by atomic mass is 10.1. The van der Waals surface area contributed by atoms with E-state index in [0.29, 0.717) is 5.56 Å². The molecular formula is C21H30N8O9. The maximum absolute atomic E-state index is 13.0. The Morgan fingerprint density at radius 2 is 1.76 bits per heavy atom. The lowest BCUT2D eigenvalue weighted by Crippen LogP contribution is -2.57. The molecule has 208 valence electrons. The number of carboxylic acids is 1. The normalized spacial score (nSPS) is 11.8. The van der Waals surface area contributed by atoms with Gasteiger partial charge in [0, 0.05) is 13.0 Å². The average Bonchev–Trinajstić information content (AvgIpc) is 2.85. The van der Waals surface area contributed by atoms with Crippen LogP contribution in [0.1, 0.15) is 31.2 Å². The van der Waals surface area contributed by atoms with Gasteiger partial charge >= 0.3 is 18.0 Å². The number of aliphatic imine (C=N–C) groups is 1. The zero-order chi connectivity index (χ0) is 28.7. The molecule has 0 unspecified atom stereocenters. The molecule has 0 fully saturated rings. The Morgan fingerprint density at radius 1 is 1.11 bits per heavy atom. The van der Waals surface area contributed by atoms with Crippen LogP contribution in [0.3, 0.4) is 0 Å². The van der Waals surface area contributed by atoms with Crippen molar-refractivity contribution in [2.24, 2.45) is 22.2 Å². The summed E-state index contributed by atoms with van der Waals surface area (Å²) in [6, 6.07) is 5.02. The molecule has 1 aromatic carbocycles. The monoisotopic (exact) mass is 538 g/mol. The number of amides is 4. The third kappa shape index (κ3) is 11.6. The molecule has 1 aromatic rings. The Hall–Kier alpha value is -4.96. The van der Waals surface area contributed by atoms with Gasteiger partial charge in [0.25, 0.3) is 0 Å². The van der Waals surface area contributed by atoms with Crippen LogP contribution in [0.5, 0.6) is 0 Å². The number of carboxylic acid groups (broad SMARTS) is 1. The number of hydrazine groups is 1. The summed E-state index contributed by atoms with van der Waals surface area (Å²) in [4.78, 5) is 75.5. The number of aliphatic carboxylic acids is 1. The van der Waals surface area contributed by atoms with E-state index in [2.05, 4.69) is 15.6 Å². The fraction of sp³-hybridized carbons (Fsp3) is 0.429. The van der Waals surface area contributed by atoms with Crippen LogP contribution in [-0.2, 0) is 30.5 Å². The second-order valence-corrected chi connectivity index (χ2v) is 7.76. The van der Waals surface area contributed by atoms with Crippen molar-refractivity contribution in [3.63, 3.8) is 0 Å². The zero-order valence-electron chi connectivity index (χ0n) is 20.3. The van der Waals surface area contributed by atoms with Gasteiger partial charge in [-0.2, -0.15) is 0 Å². The van der Waals surface area contributed by atoms with Gasteiger partial charge in [-0.15, -0.1) is 0 Å². The van der Waals surface area contributed by atoms with Crippen LogP contribution in [0.25, 0.3) is 0 Å². The summed E-state index contributed by atoms with van der Waals surface area (Å²) in [5.74, 6) is -5.22. The molecule has 0 radical (unpaired) electrons. The first kappa shape index (κ1) is 31.1. The van der Waals surface area contributed by atoms with E-state index in [4.69, 9.17) is 21.9 Å². The number of carbonyl (C=O) groups excluding carboxylic acids is 4. The second kappa shape index (κ2) is 15.9. The van der Waals surface area contributed by atoms with Crippen molar-refractivity contribution in [3.8, 4) is 0 Å². The molecule has 4 amide bonds. The van der Waals surface area contributed by atoms with E-state index in [0.717, 1.165) is 0 Å². The highest BCUT2D eigenvalue weighted by Crippen LogP contribution is 2.13. The van der Waals surface area contributed by atoms with Crippen molar-refractivity contribution >= 4 is 35.7 Å². The molecule has 17 nitrogen and oxygen atoms in total. The Kier molecular flexibility index (Phi) is 13.0. The lowest BCUT2D eigenvalue weighted by molar-refractivity contribution is -0.640. The third-order valence-electron chi connectivity index (χ3n) is 4.83. The largest absolute Gasteiger partial charge is 0.480 e. The summed E-state index contributed by atoms with van der Waals surface area (Å²) in [6.07, 6.45) is -2.31. The topological polar surface area (TPSA) is 276 Å². The van der Waals surface area contributed by atoms with E-state index in [-0.39, 0.29) is 30.5 Å². The van der Waals surface area contributed by atoms with Crippen LogP contribution in [0.2, 0.25) is 0 Å². The Balaban J connectivity index is 2.88. The van der Waals surface area contributed by atoms with E-state index >= 15 is 0 Å². The van der Waals surface area contributed by atoms with Gasteiger partial charge in [0.15, 0.2) is 17.0 Å². The minimum absolute atomic E-state index is 0.0280. The van der Waals surface area contributed by atoms with Crippen LogP contribution >= 0.6 is 0 Å². The molecule has 0 aromatic heterocycles. The SMILES string of the molecule is NC(=O)CC[C@H](NC(=O)CNC(=O)OCc1ccccc1)C(=O)N([C@@H](CCCN=C(N)N)C(=O)O)[N+](=O)[O-]. The van der Waals surface area contributed by atoms with Crippen molar-refractivity contribution in [2.45, 2.75) is 44.4 Å². The third-order valence-corrected chi connectivity index (χ3v) is 4.83. The smallest absolute Gasteiger partial charge is 0.407 e.